The van der Waals surface area contributed by atoms with Gasteiger partial charge in [-0.05, 0) is 57.6 Å². The van der Waals surface area contributed by atoms with E-state index in [2.05, 4.69) is 60.1 Å². The van der Waals surface area contributed by atoms with Crippen molar-refractivity contribution in [1.82, 2.24) is 15.2 Å². The molecule has 0 bridgehead atoms. The van der Waals surface area contributed by atoms with Crippen LogP contribution >= 0.6 is 0 Å². The highest BCUT2D eigenvalue weighted by molar-refractivity contribution is 5.43. The van der Waals surface area contributed by atoms with Gasteiger partial charge in [0.15, 0.2) is 0 Å². The average molecular weight is 290 g/mol. The van der Waals surface area contributed by atoms with Crippen molar-refractivity contribution in [2.45, 2.75) is 45.7 Å². The Morgan fingerprint density at radius 2 is 2.19 bits per heavy atom. The third kappa shape index (κ3) is 4.17. The van der Waals surface area contributed by atoms with E-state index >= 15 is 0 Å². The van der Waals surface area contributed by atoms with Crippen molar-refractivity contribution in [3.05, 3.63) is 23.9 Å². The Balaban J connectivity index is 2.20. The summed E-state index contributed by atoms with van der Waals surface area (Å²) in [5, 5.41) is 3.48. The summed E-state index contributed by atoms with van der Waals surface area (Å²) in [7, 11) is 2.23. The smallest absolute Gasteiger partial charge is 0.129 e. The van der Waals surface area contributed by atoms with Gasteiger partial charge in [0.25, 0.3) is 0 Å². The molecule has 1 aliphatic rings. The van der Waals surface area contributed by atoms with Gasteiger partial charge >= 0.3 is 0 Å². The van der Waals surface area contributed by atoms with E-state index in [1.54, 1.807) is 0 Å². The minimum atomic E-state index is 0.381. The van der Waals surface area contributed by atoms with E-state index in [1.165, 1.54) is 24.9 Å². The number of hydrogen-bond acceptors (Lipinski definition) is 4. The topological polar surface area (TPSA) is 31.4 Å². The molecule has 1 saturated heterocycles. The van der Waals surface area contributed by atoms with Gasteiger partial charge in [-0.15, -0.1) is 0 Å². The minimum absolute atomic E-state index is 0.381. The molecular formula is C17H30N4. The minimum Gasteiger partial charge on any atom is -0.352 e. The lowest BCUT2D eigenvalue weighted by atomic mass is 10.1. The number of pyridine rings is 1. The SMILES string of the molecule is CCNC(C)c1ccnc(N2CCCN(C)CC2CC)c1. The second-order valence-electron chi connectivity index (χ2n) is 6.10. The lowest BCUT2D eigenvalue weighted by Gasteiger charge is -2.31. The normalized spacial score (nSPS) is 22.1. The first kappa shape index (κ1) is 16.2. The van der Waals surface area contributed by atoms with Crippen molar-refractivity contribution >= 4 is 5.82 Å². The summed E-state index contributed by atoms with van der Waals surface area (Å²) < 4.78 is 0. The largest absolute Gasteiger partial charge is 0.352 e. The zero-order valence-electron chi connectivity index (χ0n) is 14.0. The van der Waals surface area contributed by atoms with E-state index in [-0.39, 0.29) is 0 Å². The molecule has 2 unspecified atom stereocenters. The first-order valence-electron chi connectivity index (χ1n) is 8.30. The molecular weight excluding hydrogens is 260 g/mol. The molecule has 0 radical (unpaired) electrons. The Labute approximate surface area is 129 Å². The second kappa shape index (κ2) is 7.76. The molecule has 0 aromatic carbocycles. The van der Waals surface area contributed by atoms with Gasteiger partial charge in [0.05, 0.1) is 0 Å². The van der Waals surface area contributed by atoms with Crippen LogP contribution in [0.25, 0.3) is 0 Å². The van der Waals surface area contributed by atoms with E-state index in [4.69, 9.17) is 0 Å². The molecule has 0 aliphatic carbocycles. The fourth-order valence-electron chi connectivity index (χ4n) is 3.18. The van der Waals surface area contributed by atoms with Crippen LogP contribution in [-0.2, 0) is 0 Å². The molecule has 4 nitrogen and oxygen atoms in total. The van der Waals surface area contributed by atoms with Crippen molar-refractivity contribution in [3.8, 4) is 0 Å². The van der Waals surface area contributed by atoms with Gasteiger partial charge in [-0.2, -0.15) is 0 Å². The predicted octanol–water partition coefficient (Wildman–Crippen LogP) is 2.67. The van der Waals surface area contributed by atoms with Gasteiger partial charge in [-0.25, -0.2) is 4.98 Å². The second-order valence-corrected chi connectivity index (χ2v) is 6.10. The van der Waals surface area contributed by atoms with E-state index in [1.807, 2.05) is 6.20 Å². The summed E-state index contributed by atoms with van der Waals surface area (Å²) in [5.74, 6) is 1.14. The molecule has 1 aliphatic heterocycles. The van der Waals surface area contributed by atoms with Crippen molar-refractivity contribution in [3.63, 3.8) is 0 Å². The summed E-state index contributed by atoms with van der Waals surface area (Å²) in [5.41, 5.74) is 1.33. The van der Waals surface area contributed by atoms with Crippen molar-refractivity contribution in [1.29, 1.82) is 0 Å². The quantitative estimate of drug-likeness (QED) is 0.903. The van der Waals surface area contributed by atoms with Gasteiger partial charge in [0, 0.05) is 31.4 Å². The number of likely N-dealkylation sites (N-methyl/N-ethyl adjacent to an activating group) is 1. The van der Waals surface area contributed by atoms with Gasteiger partial charge in [-0.1, -0.05) is 13.8 Å². The summed E-state index contributed by atoms with van der Waals surface area (Å²) in [4.78, 5) is 9.60. The van der Waals surface area contributed by atoms with E-state index in [0.717, 1.165) is 25.5 Å². The Morgan fingerprint density at radius 3 is 2.90 bits per heavy atom. The van der Waals surface area contributed by atoms with Gasteiger partial charge in [-0.3, -0.25) is 0 Å². The molecule has 2 atom stereocenters. The third-order valence-corrected chi connectivity index (χ3v) is 4.45. The Bertz CT molecular complexity index is 435. The molecule has 2 rings (SSSR count). The molecule has 1 aromatic heterocycles. The van der Waals surface area contributed by atoms with Crippen LogP contribution in [0, 0.1) is 0 Å². The average Bonchev–Trinajstić information content (AvgIpc) is 2.69. The molecule has 21 heavy (non-hydrogen) atoms. The molecule has 1 aromatic rings. The number of hydrogen-bond donors (Lipinski definition) is 1. The maximum atomic E-state index is 4.65. The summed E-state index contributed by atoms with van der Waals surface area (Å²) in [6.45, 7) is 11.1. The highest BCUT2D eigenvalue weighted by Gasteiger charge is 2.23. The Morgan fingerprint density at radius 1 is 1.38 bits per heavy atom. The first-order valence-corrected chi connectivity index (χ1v) is 8.30. The zero-order chi connectivity index (χ0) is 15.2. The lowest BCUT2D eigenvalue weighted by Crippen LogP contribution is -2.40. The summed E-state index contributed by atoms with van der Waals surface area (Å²) in [6.07, 6.45) is 4.33. The molecule has 118 valence electrons. The number of anilines is 1. The maximum Gasteiger partial charge on any atom is 0.129 e. The Kier molecular flexibility index (Phi) is 6.00. The fourth-order valence-corrected chi connectivity index (χ4v) is 3.18. The van der Waals surface area contributed by atoms with Crippen LogP contribution in [0.4, 0.5) is 5.82 Å². The standard InChI is InChI=1S/C17H30N4/c1-5-16-13-20(4)10-7-11-21(16)17-12-15(8-9-19-17)14(3)18-6-2/h8-9,12,14,16,18H,5-7,10-11,13H2,1-4H3. The van der Waals surface area contributed by atoms with Crippen LogP contribution in [0.15, 0.2) is 18.3 Å². The molecule has 4 heteroatoms. The number of nitrogens with zero attached hydrogens (tertiary/aromatic N) is 3. The van der Waals surface area contributed by atoms with Crippen molar-refractivity contribution in [2.75, 3.05) is 38.1 Å². The predicted molar refractivity (Wildman–Crippen MR) is 89.9 cm³/mol. The van der Waals surface area contributed by atoms with Crippen LogP contribution in [0.3, 0.4) is 0 Å². The van der Waals surface area contributed by atoms with Crippen LogP contribution in [0.5, 0.6) is 0 Å². The van der Waals surface area contributed by atoms with Crippen molar-refractivity contribution < 1.29 is 0 Å². The highest BCUT2D eigenvalue weighted by Crippen LogP contribution is 2.23. The number of nitrogens with one attached hydrogen (secondary N) is 1. The van der Waals surface area contributed by atoms with Crippen molar-refractivity contribution in [2.24, 2.45) is 0 Å². The van der Waals surface area contributed by atoms with Gasteiger partial charge < -0.3 is 15.1 Å². The maximum absolute atomic E-state index is 4.65. The zero-order valence-corrected chi connectivity index (χ0v) is 14.0. The van der Waals surface area contributed by atoms with E-state index in [0.29, 0.717) is 12.1 Å². The molecule has 0 amide bonds. The van der Waals surface area contributed by atoms with Crippen LogP contribution in [0.2, 0.25) is 0 Å². The monoisotopic (exact) mass is 290 g/mol. The summed E-state index contributed by atoms with van der Waals surface area (Å²) in [6, 6.07) is 5.34. The summed E-state index contributed by atoms with van der Waals surface area (Å²) >= 11 is 0. The lowest BCUT2D eigenvalue weighted by molar-refractivity contribution is 0.327. The fraction of sp³-hybridized carbons (Fsp3) is 0.706. The molecule has 1 N–H and O–H groups in total. The highest BCUT2D eigenvalue weighted by atomic mass is 15.3. The molecule has 0 saturated carbocycles. The molecule has 0 spiro atoms. The van der Waals surface area contributed by atoms with Gasteiger partial charge in [0.1, 0.15) is 5.82 Å². The molecule has 2 heterocycles. The Hall–Kier alpha value is -1.13. The first-order chi connectivity index (χ1) is 10.2. The van der Waals surface area contributed by atoms with Crippen LogP contribution < -0.4 is 10.2 Å². The van der Waals surface area contributed by atoms with Gasteiger partial charge in [0.2, 0.25) is 0 Å². The van der Waals surface area contributed by atoms with E-state index in [9.17, 15) is 0 Å². The van der Waals surface area contributed by atoms with E-state index < -0.39 is 0 Å². The van der Waals surface area contributed by atoms with Crippen LogP contribution in [0.1, 0.15) is 45.2 Å². The number of rotatable bonds is 5. The molecule has 1 fully saturated rings. The van der Waals surface area contributed by atoms with Crippen LogP contribution in [-0.4, -0.2) is 49.2 Å². The third-order valence-electron chi connectivity index (χ3n) is 4.45. The number of aromatic nitrogens is 1.